The van der Waals surface area contributed by atoms with Gasteiger partial charge in [-0.05, 0) is 30.5 Å². The number of hydrogen-bond acceptors (Lipinski definition) is 7. The zero-order valence-electron chi connectivity index (χ0n) is 17.6. The summed E-state index contributed by atoms with van der Waals surface area (Å²) in [6.07, 6.45) is 2.36. The van der Waals surface area contributed by atoms with E-state index in [4.69, 9.17) is 9.47 Å². The van der Waals surface area contributed by atoms with E-state index in [0.29, 0.717) is 30.0 Å². The van der Waals surface area contributed by atoms with Crippen LogP contribution in [0.3, 0.4) is 0 Å². The Morgan fingerprint density at radius 3 is 2.91 bits per heavy atom. The number of aromatic nitrogens is 2. The van der Waals surface area contributed by atoms with E-state index in [1.54, 1.807) is 23.1 Å². The van der Waals surface area contributed by atoms with Gasteiger partial charge in [0.15, 0.2) is 0 Å². The summed E-state index contributed by atoms with van der Waals surface area (Å²) in [5, 5.41) is 11.9. The van der Waals surface area contributed by atoms with Crippen molar-refractivity contribution in [3.05, 3.63) is 69.3 Å². The molecule has 166 valence electrons. The largest absolute Gasteiger partial charge is 0.496 e. The summed E-state index contributed by atoms with van der Waals surface area (Å²) in [6, 6.07) is 7.13. The van der Waals surface area contributed by atoms with E-state index in [2.05, 4.69) is 16.4 Å². The highest BCUT2D eigenvalue weighted by atomic mass is 19.1. The van der Waals surface area contributed by atoms with Crippen LogP contribution < -0.4 is 20.5 Å². The molecule has 1 aromatic carbocycles. The number of nitrogens with zero attached hydrogens (tertiary/aromatic N) is 4. The minimum atomic E-state index is -1.11. The molecule has 0 radical (unpaired) electrons. The summed E-state index contributed by atoms with van der Waals surface area (Å²) in [4.78, 5) is 18.7. The molecule has 1 aromatic heterocycles. The fraction of sp³-hybridized carbons (Fsp3) is 0.318. The molecule has 2 aromatic rings. The Morgan fingerprint density at radius 2 is 2.19 bits per heavy atom. The van der Waals surface area contributed by atoms with Crippen LogP contribution in [0.5, 0.6) is 5.75 Å². The van der Waals surface area contributed by atoms with Crippen molar-refractivity contribution in [3.63, 3.8) is 0 Å². The second-order valence-corrected chi connectivity index (χ2v) is 7.35. The third-order valence-electron chi connectivity index (χ3n) is 5.44. The topological polar surface area (TPSA) is 92.4 Å². The number of benzene rings is 1. The van der Waals surface area contributed by atoms with Gasteiger partial charge in [0.25, 0.3) is 5.56 Å². The van der Waals surface area contributed by atoms with Gasteiger partial charge >= 0.3 is 0 Å². The molecule has 1 fully saturated rings. The number of dihydropyridines is 1. The number of hydrogen-bond donors (Lipinski definition) is 1. The molecule has 0 spiro atoms. The van der Waals surface area contributed by atoms with Crippen LogP contribution in [0.1, 0.15) is 22.9 Å². The molecule has 2 aliphatic rings. The molecule has 0 amide bonds. The van der Waals surface area contributed by atoms with Gasteiger partial charge < -0.3 is 19.7 Å². The second-order valence-electron chi connectivity index (χ2n) is 7.35. The fourth-order valence-electron chi connectivity index (χ4n) is 3.78. The van der Waals surface area contributed by atoms with Crippen molar-refractivity contribution in [2.45, 2.75) is 6.10 Å². The molecule has 1 N–H and O–H groups in total. The predicted octanol–water partition coefficient (Wildman–Crippen LogP) is 2.18. The minimum Gasteiger partial charge on any atom is -0.496 e. The average Bonchev–Trinajstić information content (AvgIpc) is 2.83. The van der Waals surface area contributed by atoms with Gasteiger partial charge in [-0.3, -0.25) is 9.36 Å². The number of ether oxygens (including phenoxy) is 2. The third-order valence-corrected chi connectivity index (χ3v) is 5.44. The molecule has 0 bridgehead atoms. The van der Waals surface area contributed by atoms with Crippen LogP contribution in [0.15, 0.2) is 41.1 Å². The third kappa shape index (κ3) is 3.83. The number of morpholine rings is 1. The monoisotopic (exact) mass is 441 g/mol. The molecule has 2 aliphatic heterocycles. The van der Waals surface area contributed by atoms with Gasteiger partial charge in [0, 0.05) is 24.7 Å². The van der Waals surface area contributed by atoms with Gasteiger partial charge in [0.2, 0.25) is 11.8 Å². The van der Waals surface area contributed by atoms with Crippen LogP contribution in [-0.4, -0.2) is 42.9 Å². The molecule has 1 atom stereocenters. The number of methoxy groups -OCH3 is 1. The first-order chi connectivity index (χ1) is 15.4. The lowest BCUT2D eigenvalue weighted by Crippen LogP contribution is -2.42. The summed E-state index contributed by atoms with van der Waals surface area (Å²) in [7, 11) is 2.94. The lowest BCUT2D eigenvalue weighted by atomic mass is 10.0. The Morgan fingerprint density at radius 1 is 1.38 bits per heavy atom. The summed E-state index contributed by atoms with van der Waals surface area (Å²) in [5.74, 6) is -0.955. The number of halogens is 2. The quantitative estimate of drug-likeness (QED) is 0.778. The van der Waals surface area contributed by atoms with Crippen LogP contribution in [0.4, 0.5) is 14.7 Å². The average molecular weight is 441 g/mol. The number of nitriles is 1. The standard InChI is InChI=1S/C22H21F2N5O3/c1-28-21(30)19(24)20(14-5-6-26-11-16(14)23)27-22(28)29-7-8-32-18(12-29)15-9-13(10-25)3-4-17(15)31-2/h3-6,9,18,26H,7-8,11-12H2,1-2H3/t18-/m1/s1. The number of rotatable bonds is 4. The van der Waals surface area contributed by atoms with E-state index in [1.165, 1.54) is 26.4 Å². The van der Waals surface area contributed by atoms with E-state index < -0.39 is 23.3 Å². The van der Waals surface area contributed by atoms with Crippen molar-refractivity contribution in [1.29, 1.82) is 5.26 Å². The summed E-state index contributed by atoms with van der Waals surface area (Å²) >= 11 is 0. The van der Waals surface area contributed by atoms with Gasteiger partial charge in [-0.25, -0.2) is 9.37 Å². The molecule has 3 heterocycles. The fourth-order valence-corrected chi connectivity index (χ4v) is 3.78. The molecular formula is C22H21F2N5O3. The predicted molar refractivity (Wildman–Crippen MR) is 113 cm³/mol. The van der Waals surface area contributed by atoms with Crippen molar-refractivity contribution in [1.82, 2.24) is 14.9 Å². The maximum absolute atomic E-state index is 14.7. The van der Waals surface area contributed by atoms with Gasteiger partial charge in [0.1, 0.15) is 23.4 Å². The zero-order chi connectivity index (χ0) is 22.8. The summed E-state index contributed by atoms with van der Waals surface area (Å²) in [6.45, 7) is 0.858. The van der Waals surface area contributed by atoms with Crippen LogP contribution in [0.25, 0.3) is 5.57 Å². The van der Waals surface area contributed by atoms with Crippen LogP contribution in [-0.2, 0) is 11.8 Å². The second kappa shape index (κ2) is 8.80. The highest BCUT2D eigenvalue weighted by Gasteiger charge is 2.29. The molecule has 0 saturated carbocycles. The van der Waals surface area contributed by atoms with Crippen molar-refractivity contribution in [3.8, 4) is 11.8 Å². The van der Waals surface area contributed by atoms with Gasteiger partial charge in [-0.2, -0.15) is 9.65 Å². The first-order valence-corrected chi connectivity index (χ1v) is 9.94. The Balaban J connectivity index is 1.74. The smallest absolute Gasteiger partial charge is 0.291 e. The van der Waals surface area contributed by atoms with E-state index in [1.807, 2.05) is 0 Å². The van der Waals surface area contributed by atoms with E-state index in [9.17, 15) is 18.8 Å². The molecule has 32 heavy (non-hydrogen) atoms. The van der Waals surface area contributed by atoms with Crippen molar-refractivity contribution in [2.24, 2.45) is 7.05 Å². The normalized spacial score (nSPS) is 18.3. The lowest BCUT2D eigenvalue weighted by molar-refractivity contribution is 0.0374. The highest BCUT2D eigenvalue weighted by molar-refractivity contribution is 5.75. The van der Waals surface area contributed by atoms with Crippen LogP contribution in [0, 0.1) is 17.1 Å². The SMILES string of the molecule is COc1ccc(C#N)cc1[C@H]1CN(c2nc(C3=C(F)CNC=C3)c(F)c(=O)n2C)CCO1. The maximum Gasteiger partial charge on any atom is 0.291 e. The Hall–Kier alpha value is -3.71. The lowest BCUT2D eigenvalue weighted by Gasteiger charge is -2.35. The first kappa shape index (κ1) is 21.5. The molecule has 10 heteroatoms. The van der Waals surface area contributed by atoms with Gasteiger partial charge in [0.05, 0.1) is 38.4 Å². The molecule has 0 unspecified atom stereocenters. The number of nitrogens with one attached hydrogen (secondary N) is 1. The molecular weight excluding hydrogens is 420 g/mol. The van der Waals surface area contributed by atoms with Crippen LogP contribution in [0.2, 0.25) is 0 Å². The first-order valence-electron chi connectivity index (χ1n) is 9.94. The van der Waals surface area contributed by atoms with Gasteiger partial charge in [-0.15, -0.1) is 0 Å². The zero-order valence-corrected chi connectivity index (χ0v) is 17.6. The molecule has 4 rings (SSSR count). The Kier molecular flexibility index (Phi) is 5.92. The number of allylic oxidation sites excluding steroid dienone is 2. The van der Waals surface area contributed by atoms with Crippen molar-refractivity contribution in [2.75, 3.05) is 38.3 Å². The molecule has 0 aliphatic carbocycles. The van der Waals surface area contributed by atoms with E-state index in [-0.39, 0.29) is 30.3 Å². The van der Waals surface area contributed by atoms with Crippen molar-refractivity contribution >= 4 is 11.5 Å². The Bertz CT molecular complexity index is 1220. The maximum atomic E-state index is 14.7. The molecule has 8 nitrogen and oxygen atoms in total. The minimum absolute atomic E-state index is 0.0617. The highest BCUT2D eigenvalue weighted by Crippen LogP contribution is 2.33. The van der Waals surface area contributed by atoms with Gasteiger partial charge in [-0.1, -0.05) is 0 Å². The number of anilines is 1. The molecule has 1 saturated heterocycles. The van der Waals surface area contributed by atoms with E-state index >= 15 is 0 Å². The van der Waals surface area contributed by atoms with E-state index in [0.717, 1.165) is 4.57 Å². The van der Waals surface area contributed by atoms with Crippen LogP contribution >= 0.6 is 0 Å². The summed E-state index contributed by atoms with van der Waals surface area (Å²) < 4.78 is 41.5. The summed E-state index contributed by atoms with van der Waals surface area (Å²) in [5.41, 5.74) is -0.155. The Labute approximate surface area is 183 Å². The van der Waals surface area contributed by atoms with Crippen molar-refractivity contribution < 1.29 is 18.3 Å².